The Morgan fingerprint density at radius 2 is 1.95 bits per heavy atom. The monoisotopic (exact) mass is 603 g/mol. The van der Waals surface area contributed by atoms with Crippen LogP contribution in [-0.4, -0.2) is 82.8 Å². The summed E-state index contributed by atoms with van der Waals surface area (Å²) >= 11 is 5.93. The third-order valence-corrected chi connectivity index (χ3v) is 8.30. The van der Waals surface area contributed by atoms with Crippen molar-refractivity contribution < 1.29 is 31.1 Å². The maximum Gasteiger partial charge on any atom is 0.413 e. The van der Waals surface area contributed by atoms with Crippen LogP contribution in [0.4, 0.5) is 24.5 Å². The molecule has 0 aliphatic carbocycles. The molecule has 40 heavy (non-hydrogen) atoms. The number of alkyl halides is 3. The number of carbonyl (C=O) groups is 1. The molecule has 1 aromatic carbocycles. The Kier molecular flexibility index (Phi) is 8.59. The van der Waals surface area contributed by atoms with Crippen LogP contribution in [0.25, 0.3) is 5.78 Å². The van der Waals surface area contributed by atoms with Gasteiger partial charge in [0.25, 0.3) is 5.78 Å². The SMILES string of the molecule is CO[C@@H](C)c1c(Nc2ccc([C@H](N(C)C(=O)C3CCCN(S(C)(=O)=O)C3)C(F)(F)F)cc2)cnc2nc(Cl)nn12. The first-order valence-corrected chi connectivity index (χ1v) is 14.5. The smallest absolute Gasteiger partial charge is 0.375 e. The van der Waals surface area contributed by atoms with Gasteiger partial charge in [-0.25, -0.2) is 17.7 Å². The molecule has 2 aromatic heterocycles. The van der Waals surface area contributed by atoms with Gasteiger partial charge in [0.1, 0.15) is 0 Å². The summed E-state index contributed by atoms with van der Waals surface area (Å²) in [5, 5.41) is 7.24. The normalized spacial score (nSPS) is 18.4. The highest BCUT2D eigenvalue weighted by Crippen LogP contribution is 2.39. The first-order chi connectivity index (χ1) is 18.7. The van der Waals surface area contributed by atoms with Crippen molar-refractivity contribution in [2.75, 3.05) is 38.8 Å². The fourth-order valence-corrected chi connectivity index (χ4v) is 5.89. The van der Waals surface area contributed by atoms with Crippen molar-refractivity contribution in [3.8, 4) is 0 Å². The van der Waals surface area contributed by atoms with E-state index < -0.39 is 40.2 Å². The van der Waals surface area contributed by atoms with Crippen LogP contribution < -0.4 is 5.32 Å². The van der Waals surface area contributed by atoms with Crippen LogP contribution in [0.1, 0.15) is 43.2 Å². The highest BCUT2D eigenvalue weighted by molar-refractivity contribution is 7.88. The molecular weight excluding hydrogens is 575 g/mol. The van der Waals surface area contributed by atoms with Crippen molar-refractivity contribution in [2.45, 2.75) is 38.1 Å². The second kappa shape index (κ2) is 11.5. The number of methoxy groups -OCH3 is 1. The van der Waals surface area contributed by atoms with Gasteiger partial charge in [-0.2, -0.15) is 22.7 Å². The number of piperidine rings is 1. The van der Waals surface area contributed by atoms with E-state index in [1.807, 2.05) is 0 Å². The summed E-state index contributed by atoms with van der Waals surface area (Å²) in [7, 11) is -0.964. The Morgan fingerprint density at radius 1 is 1.27 bits per heavy atom. The van der Waals surface area contributed by atoms with Crippen molar-refractivity contribution in [1.82, 2.24) is 28.8 Å². The summed E-state index contributed by atoms with van der Waals surface area (Å²) in [6.45, 7) is 1.87. The molecule has 1 aliphatic heterocycles. The molecule has 3 aromatic rings. The number of amides is 1. The molecule has 3 atom stereocenters. The first-order valence-electron chi connectivity index (χ1n) is 12.3. The summed E-state index contributed by atoms with van der Waals surface area (Å²) < 4.78 is 74.7. The van der Waals surface area contributed by atoms with Gasteiger partial charge in [0.15, 0.2) is 6.04 Å². The lowest BCUT2D eigenvalue weighted by Gasteiger charge is -2.36. The van der Waals surface area contributed by atoms with Crippen LogP contribution in [0.3, 0.4) is 0 Å². The molecule has 0 bridgehead atoms. The molecule has 11 nitrogen and oxygen atoms in total. The number of hydrogen-bond donors (Lipinski definition) is 1. The van der Waals surface area contributed by atoms with E-state index in [0.29, 0.717) is 34.8 Å². The largest absolute Gasteiger partial charge is 0.413 e. The molecular formula is C24H29ClF3N7O4S. The van der Waals surface area contributed by atoms with E-state index in [-0.39, 0.29) is 29.7 Å². The fourth-order valence-electron chi connectivity index (χ4n) is 4.82. The number of aromatic nitrogens is 4. The van der Waals surface area contributed by atoms with E-state index >= 15 is 0 Å². The molecule has 1 fully saturated rings. The number of benzene rings is 1. The molecule has 0 saturated carbocycles. The van der Waals surface area contributed by atoms with Gasteiger partial charge in [-0.05, 0) is 49.1 Å². The third-order valence-electron chi connectivity index (χ3n) is 6.87. The summed E-state index contributed by atoms with van der Waals surface area (Å²) in [5.74, 6) is -1.38. The van der Waals surface area contributed by atoms with E-state index in [9.17, 15) is 26.4 Å². The lowest BCUT2D eigenvalue weighted by atomic mass is 9.96. The van der Waals surface area contributed by atoms with Gasteiger partial charge in [0.05, 0.1) is 35.9 Å². The maximum atomic E-state index is 14.3. The number of nitrogens with zero attached hydrogens (tertiary/aromatic N) is 6. The van der Waals surface area contributed by atoms with Crippen LogP contribution in [0, 0.1) is 5.92 Å². The topological polar surface area (TPSA) is 122 Å². The number of carbonyl (C=O) groups excluding carboxylic acids is 1. The zero-order chi connectivity index (χ0) is 29.4. The molecule has 218 valence electrons. The Hall–Kier alpha value is -3.01. The summed E-state index contributed by atoms with van der Waals surface area (Å²) in [5.41, 5.74) is 1.33. The van der Waals surface area contributed by atoms with Crippen molar-refractivity contribution in [1.29, 1.82) is 0 Å². The van der Waals surface area contributed by atoms with E-state index in [1.54, 1.807) is 6.92 Å². The number of anilines is 2. The summed E-state index contributed by atoms with van der Waals surface area (Å²) in [6.07, 6.45) is -2.02. The number of hydrogen-bond acceptors (Lipinski definition) is 8. The fraction of sp³-hybridized carbons (Fsp3) is 0.500. The van der Waals surface area contributed by atoms with Crippen LogP contribution in [0.5, 0.6) is 0 Å². The zero-order valence-corrected chi connectivity index (χ0v) is 23.8. The Labute approximate surface area is 234 Å². The van der Waals surface area contributed by atoms with E-state index in [1.165, 1.54) is 42.1 Å². The molecule has 1 aliphatic rings. The lowest BCUT2D eigenvalue weighted by molar-refractivity contribution is -0.191. The second-order valence-corrected chi connectivity index (χ2v) is 11.9. The molecule has 0 spiro atoms. The maximum absolute atomic E-state index is 14.3. The van der Waals surface area contributed by atoms with Crippen LogP contribution >= 0.6 is 11.6 Å². The number of rotatable bonds is 8. The lowest BCUT2D eigenvalue weighted by Crippen LogP contribution is -2.48. The second-order valence-electron chi connectivity index (χ2n) is 9.63. The minimum absolute atomic E-state index is 0.00679. The van der Waals surface area contributed by atoms with Crippen LogP contribution in [0.15, 0.2) is 30.5 Å². The van der Waals surface area contributed by atoms with Gasteiger partial charge in [-0.3, -0.25) is 4.79 Å². The number of fused-ring (bicyclic) bond motifs is 1. The molecule has 0 radical (unpaired) electrons. The van der Waals surface area contributed by atoms with E-state index in [0.717, 1.165) is 17.6 Å². The summed E-state index contributed by atoms with van der Waals surface area (Å²) in [6, 6.07) is 3.26. The quantitative estimate of drug-likeness (QED) is 0.411. The number of nitrogens with one attached hydrogen (secondary N) is 1. The Morgan fingerprint density at radius 3 is 2.55 bits per heavy atom. The van der Waals surface area contributed by atoms with Crippen molar-refractivity contribution in [3.63, 3.8) is 0 Å². The predicted octanol–water partition coefficient (Wildman–Crippen LogP) is 3.96. The van der Waals surface area contributed by atoms with E-state index in [2.05, 4.69) is 20.4 Å². The first kappa shape index (κ1) is 30.0. The molecule has 1 N–H and O–H groups in total. The molecule has 16 heteroatoms. The predicted molar refractivity (Wildman–Crippen MR) is 142 cm³/mol. The number of halogens is 4. The standard InChI is InChI=1S/C24H29ClF3N7O4S/c1-14(39-3)19-18(12-29-23-31-22(25)32-35(19)23)30-17-9-7-15(8-10-17)20(24(26,27)28)33(2)21(36)16-6-5-11-34(13-16)40(4,37)38/h7-10,12,14,16,20,30H,5-6,11,13H2,1-4H3/t14-,16?,20-/m0/s1. The molecule has 3 heterocycles. The Bertz CT molecular complexity index is 1480. The van der Waals surface area contributed by atoms with E-state index in [4.69, 9.17) is 16.3 Å². The van der Waals surface area contributed by atoms with Gasteiger partial charge >= 0.3 is 6.18 Å². The Balaban J connectivity index is 1.59. The third kappa shape index (κ3) is 6.32. The van der Waals surface area contributed by atoms with Gasteiger partial charge < -0.3 is 15.0 Å². The van der Waals surface area contributed by atoms with Gasteiger partial charge in [-0.15, -0.1) is 5.10 Å². The highest BCUT2D eigenvalue weighted by atomic mass is 35.5. The van der Waals surface area contributed by atoms with Crippen LogP contribution in [-0.2, 0) is 19.6 Å². The average molecular weight is 604 g/mol. The van der Waals surface area contributed by atoms with Gasteiger partial charge in [0, 0.05) is 32.9 Å². The molecule has 4 rings (SSSR count). The minimum atomic E-state index is -4.77. The average Bonchev–Trinajstić information content (AvgIpc) is 3.27. The number of ether oxygens (including phenoxy) is 1. The highest BCUT2D eigenvalue weighted by Gasteiger charge is 2.46. The summed E-state index contributed by atoms with van der Waals surface area (Å²) in [4.78, 5) is 22.0. The zero-order valence-electron chi connectivity index (χ0n) is 22.2. The van der Waals surface area contributed by atoms with Crippen molar-refractivity contribution in [3.05, 3.63) is 47.0 Å². The molecule has 1 amide bonds. The van der Waals surface area contributed by atoms with Gasteiger partial charge in [0.2, 0.25) is 21.2 Å². The van der Waals surface area contributed by atoms with Crippen LogP contribution in [0.2, 0.25) is 5.28 Å². The number of sulfonamides is 1. The van der Waals surface area contributed by atoms with Crippen molar-refractivity contribution in [2.24, 2.45) is 5.92 Å². The van der Waals surface area contributed by atoms with Crippen molar-refractivity contribution >= 4 is 44.7 Å². The van der Waals surface area contributed by atoms with Gasteiger partial charge in [-0.1, -0.05) is 12.1 Å². The molecule has 1 saturated heterocycles. The minimum Gasteiger partial charge on any atom is -0.375 e. The molecule has 1 unspecified atom stereocenters.